The minimum Gasteiger partial charge on any atom is -0.345 e. The van der Waals surface area contributed by atoms with Crippen molar-refractivity contribution in [1.82, 2.24) is 4.57 Å². The van der Waals surface area contributed by atoms with Crippen LogP contribution in [0.15, 0.2) is 23.7 Å². The Labute approximate surface area is 93.4 Å². The highest BCUT2D eigenvalue weighted by molar-refractivity contribution is 7.09. The molecule has 2 aromatic heterocycles. The number of hydrogen-bond donors (Lipinski definition) is 0. The molecular formula is C12H12N2S. The van der Waals surface area contributed by atoms with Crippen molar-refractivity contribution in [2.75, 3.05) is 0 Å². The van der Waals surface area contributed by atoms with E-state index < -0.39 is 0 Å². The van der Waals surface area contributed by atoms with Crippen molar-refractivity contribution in [1.29, 1.82) is 5.26 Å². The molecule has 2 aromatic rings. The topological polar surface area (TPSA) is 28.7 Å². The SMILES string of the molecule is Cc1cn(Cc2cccs2)c(C)c1C#N. The first kappa shape index (κ1) is 10.0. The van der Waals surface area contributed by atoms with E-state index in [2.05, 4.69) is 28.1 Å². The second kappa shape index (κ2) is 3.92. The minimum absolute atomic E-state index is 0.812. The third-order valence-electron chi connectivity index (χ3n) is 2.55. The molecule has 0 atom stereocenters. The smallest absolute Gasteiger partial charge is 0.101 e. The normalized spacial score (nSPS) is 10.2. The third kappa shape index (κ3) is 1.81. The molecule has 15 heavy (non-hydrogen) atoms. The summed E-state index contributed by atoms with van der Waals surface area (Å²) in [4.78, 5) is 1.32. The first-order valence-corrected chi connectivity index (χ1v) is 5.69. The van der Waals surface area contributed by atoms with E-state index in [1.165, 1.54) is 4.88 Å². The van der Waals surface area contributed by atoms with Gasteiger partial charge in [-0.05, 0) is 30.9 Å². The minimum atomic E-state index is 0.812. The Hall–Kier alpha value is -1.53. The molecule has 0 amide bonds. The first-order chi connectivity index (χ1) is 7.22. The average molecular weight is 216 g/mol. The van der Waals surface area contributed by atoms with Crippen LogP contribution < -0.4 is 0 Å². The maximum atomic E-state index is 8.98. The maximum Gasteiger partial charge on any atom is 0.101 e. The number of nitrogens with zero attached hydrogens (tertiary/aromatic N) is 2. The molecule has 0 N–H and O–H groups in total. The van der Waals surface area contributed by atoms with Gasteiger partial charge in [-0.1, -0.05) is 6.07 Å². The highest BCUT2D eigenvalue weighted by Gasteiger charge is 2.08. The van der Waals surface area contributed by atoms with E-state index in [4.69, 9.17) is 5.26 Å². The third-order valence-corrected chi connectivity index (χ3v) is 3.42. The van der Waals surface area contributed by atoms with Gasteiger partial charge < -0.3 is 4.57 Å². The van der Waals surface area contributed by atoms with Gasteiger partial charge in [0.1, 0.15) is 6.07 Å². The molecule has 2 nitrogen and oxygen atoms in total. The van der Waals surface area contributed by atoms with E-state index in [9.17, 15) is 0 Å². The van der Waals surface area contributed by atoms with Gasteiger partial charge in [-0.25, -0.2) is 0 Å². The summed E-state index contributed by atoms with van der Waals surface area (Å²) < 4.78 is 2.14. The lowest BCUT2D eigenvalue weighted by atomic mass is 10.2. The van der Waals surface area contributed by atoms with E-state index in [-0.39, 0.29) is 0 Å². The number of aromatic nitrogens is 1. The van der Waals surface area contributed by atoms with E-state index >= 15 is 0 Å². The quantitative estimate of drug-likeness (QED) is 0.758. The fourth-order valence-electron chi connectivity index (χ4n) is 1.73. The number of thiophene rings is 1. The van der Waals surface area contributed by atoms with Crippen LogP contribution in [0.1, 0.15) is 21.7 Å². The van der Waals surface area contributed by atoms with E-state index in [1.54, 1.807) is 11.3 Å². The van der Waals surface area contributed by atoms with Gasteiger partial charge >= 0.3 is 0 Å². The van der Waals surface area contributed by atoms with Crippen molar-refractivity contribution in [2.45, 2.75) is 20.4 Å². The molecule has 0 aliphatic heterocycles. The molecule has 0 saturated heterocycles. The Balaban J connectivity index is 2.35. The summed E-state index contributed by atoms with van der Waals surface area (Å²) in [5, 5.41) is 11.1. The number of rotatable bonds is 2. The fraction of sp³-hybridized carbons (Fsp3) is 0.250. The fourth-order valence-corrected chi connectivity index (χ4v) is 2.43. The van der Waals surface area contributed by atoms with Crippen LogP contribution >= 0.6 is 11.3 Å². The summed E-state index contributed by atoms with van der Waals surface area (Å²) in [5.41, 5.74) is 2.93. The molecule has 0 aliphatic rings. The summed E-state index contributed by atoms with van der Waals surface area (Å²) in [6.07, 6.45) is 2.05. The molecule has 0 unspecified atom stereocenters. The van der Waals surface area contributed by atoms with Gasteiger partial charge in [-0.2, -0.15) is 5.26 Å². The number of aryl methyl sites for hydroxylation is 1. The molecular weight excluding hydrogens is 204 g/mol. The standard InChI is InChI=1S/C12H12N2S/c1-9-7-14(10(2)12(9)6-13)8-11-4-3-5-15-11/h3-5,7H,8H2,1-2H3. The van der Waals surface area contributed by atoms with Crippen LogP contribution in [0.25, 0.3) is 0 Å². The molecule has 0 spiro atoms. The van der Waals surface area contributed by atoms with Gasteiger partial charge in [0, 0.05) is 16.8 Å². The predicted octanol–water partition coefficient (Wildman–Crippen LogP) is 3.09. The Bertz CT molecular complexity index is 500. The molecule has 2 rings (SSSR count). The molecule has 0 aliphatic carbocycles. The molecule has 76 valence electrons. The van der Waals surface area contributed by atoms with Gasteiger partial charge in [0.25, 0.3) is 0 Å². The summed E-state index contributed by atoms with van der Waals surface area (Å²) >= 11 is 1.75. The summed E-state index contributed by atoms with van der Waals surface area (Å²) in [7, 11) is 0. The van der Waals surface area contributed by atoms with E-state index in [0.29, 0.717) is 0 Å². The van der Waals surface area contributed by atoms with Gasteiger partial charge in [-0.3, -0.25) is 0 Å². The Morgan fingerprint density at radius 1 is 1.47 bits per heavy atom. The molecule has 0 radical (unpaired) electrons. The van der Waals surface area contributed by atoms with Crippen molar-refractivity contribution in [3.8, 4) is 6.07 Å². The highest BCUT2D eigenvalue weighted by atomic mass is 32.1. The van der Waals surface area contributed by atoms with E-state index in [0.717, 1.165) is 23.4 Å². The largest absolute Gasteiger partial charge is 0.345 e. The van der Waals surface area contributed by atoms with Crippen LogP contribution in [-0.2, 0) is 6.54 Å². The second-order valence-corrected chi connectivity index (χ2v) is 4.62. The zero-order valence-corrected chi connectivity index (χ0v) is 9.64. The highest BCUT2D eigenvalue weighted by Crippen LogP contribution is 2.18. The Morgan fingerprint density at radius 3 is 2.80 bits per heavy atom. The summed E-state index contributed by atoms with van der Waals surface area (Å²) in [6, 6.07) is 6.42. The molecule has 0 bridgehead atoms. The second-order valence-electron chi connectivity index (χ2n) is 3.59. The first-order valence-electron chi connectivity index (χ1n) is 4.81. The van der Waals surface area contributed by atoms with Crippen LogP contribution in [0.2, 0.25) is 0 Å². The zero-order chi connectivity index (χ0) is 10.8. The van der Waals surface area contributed by atoms with Gasteiger partial charge in [0.05, 0.1) is 12.1 Å². The van der Waals surface area contributed by atoms with Gasteiger partial charge in [-0.15, -0.1) is 11.3 Å². The lowest BCUT2D eigenvalue weighted by Gasteiger charge is -2.03. The van der Waals surface area contributed by atoms with Crippen LogP contribution in [0.5, 0.6) is 0 Å². The predicted molar refractivity (Wildman–Crippen MR) is 62.0 cm³/mol. The van der Waals surface area contributed by atoms with Crippen LogP contribution in [0, 0.1) is 25.2 Å². The molecule has 2 heterocycles. The van der Waals surface area contributed by atoms with Crippen molar-refractivity contribution in [3.63, 3.8) is 0 Å². The summed E-state index contributed by atoms with van der Waals surface area (Å²) in [5.74, 6) is 0. The number of hydrogen-bond acceptors (Lipinski definition) is 2. The summed E-state index contributed by atoms with van der Waals surface area (Å²) in [6.45, 7) is 4.85. The van der Waals surface area contributed by atoms with Crippen molar-refractivity contribution >= 4 is 11.3 Å². The van der Waals surface area contributed by atoms with Crippen molar-refractivity contribution < 1.29 is 0 Å². The Morgan fingerprint density at radius 2 is 2.27 bits per heavy atom. The van der Waals surface area contributed by atoms with Crippen LogP contribution in [0.4, 0.5) is 0 Å². The molecule has 0 saturated carbocycles. The van der Waals surface area contributed by atoms with Crippen LogP contribution in [0.3, 0.4) is 0 Å². The van der Waals surface area contributed by atoms with Gasteiger partial charge in [0.2, 0.25) is 0 Å². The average Bonchev–Trinajstić information content (AvgIpc) is 2.78. The van der Waals surface area contributed by atoms with Crippen molar-refractivity contribution in [3.05, 3.63) is 45.4 Å². The van der Waals surface area contributed by atoms with Gasteiger partial charge in [0.15, 0.2) is 0 Å². The lowest BCUT2D eigenvalue weighted by Crippen LogP contribution is -1.98. The molecule has 0 aromatic carbocycles. The van der Waals surface area contributed by atoms with Crippen LogP contribution in [-0.4, -0.2) is 4.57 Å². The molecule has 3 heteroatoms. The molecule has 0 fully saturated rings. The lowest BCUT2D eigenvalue weighted by molar-refractivity contribution is 0.785. The zero-order valence-electron chi connectivity index (χ0n) is 8.82. The monoisotopic (exact) mass is 216 g/mol. The Kier molecular flexibility index (Phi) is 2.61. The van der Waals surface area contributed by atoms with E-state index in [1.807, 2.05) is 20.0 Å². The maximum absolute atomic E-state index is 8.98. The number of nitriles is 1. The van der Waals surface area contributed by atoms with Crippen molar-refractivity contribution in [2.24, 2.45) is 0 Å².